The van der Waals surface area contributed by atoms with Gasteiger partial charge < -0.3 is 5.32 Å². The van der Waals surface area contributed by atoms with E-state index in [-0.39, 0.29) is 5.41 Å². The molecule has 0 radical (unpaired) electrons. The van der Waals surface area contributed by atoms with Crippen molar-refractivity contribution in [2.45, 2.75) is 39.2 Å². The maximum atomic E-state index is 3.24. The van der Waals surface area contributed by atoms with Gasteiger partial charge in [-0.3, -0.25) is 0 Å². The number of hydrogen-bond donors (Lipinski definition) is 1. The average molecular weight is 191 g/mol. The molecule has 1 heteroatoms. The van der Waals surface area contributed by atoms with E-state index in [2.05, 4.69) is 57.3 Å². The van der Waals surface area contributed by atoms with Crippen molar-refractivity contribution in [2.75, 3.05) is 7.05 Å². The van der Waals surface area contributed by atoms with Gasteiger partial charge in [0.05, 0.1) is 0 Å². The van der Waals surface area contributed by atoms with Crippen LogP contribution in [-0.2, 0) is 5.41 Å². The van der Waals surface area contributed by atoms with Gasteiger partial charge in [-0.25, -0.2) is 0 Å². The van der Waals surface area contributed by atoms with Crippen LogP contribution in [0.1, 0.15) is 44.9 Å². The third-order valence-electron chi connectivity index (χ3n) is 2.71. The van der Waals surface area contributed by atoms with Crippen LogP contribution in [0.2, 0.25) is 0 Å². The van der Waals surface area contributed by atoms with Crippen LogP contribution in [0, 0.1) is 0 Å². The third kappa shape index (κ3) is 2.58. The smallest absolute Gasteiger partial charge is 0.0289 e. The Morgan fingerprint density at radius 1 is 1.07 bits per heavy atom. The van der Waals surface area contributed by atoms with E-state index in [1.54, 1.807) is 0 Å². The average Bonchev–Trinajstić information content (AvgIpc) is 2.15. The van der Waals surface area contributed by atoms with Crippen LogP contribution in [0.5, 0.6) is 0 Å². The fraction of sp³-hybridized carbons (Fsp3) is 0.538. The van der Waals surface area contributed by atoms with Crippen LogP contribution in [0.15, 0.2) is 24.3 Å². The van der Waals surface area contributed by atoms with Gasteiger partial charge >= 0.3 is 0 Å². The van der Waals surface area contributed by atoms with E-state index in [1.165, 1.54) is 11.1 Å². The van der Waals surface area contributed by atoms with Gasteiger partial charge in [0.15, 0.2) is 0 Å². The predicted octanol–water partition coefficient (Wildman–Crippen LogP) is 3.26. The second kappa shape index (κ2) is 4.14. The lowest BCUT2D eigenvalue weighted by Gasteiger charge is -2.20. The van der Waals surface area contributed by atoms with Crippen molar-refractivity contribution in [3.05, 3.63) is 35.4 Å². The summed E-state index contributed by atoms with van der Waals surface area (Å²) in [6, 6.07) is 9.31. The fourth-order valence-electron chi connectivity index (χ4n) is 1.44. The van der Waals surface area contributed by atoms with Crippen molar-refractivity contribution in [1.82, 2.24) is 5.32 Å². The molecule has 0 heterocycles. The van der Waals surface area contributed by atoms with Gasteiger partial charge in [0.2, 0.25) is 0 Å². The molecule has 1 nitrogen and oxygen atoms in total. The van der Waals surface area contributed by atoms with Crippen molar-refractivity contribution < 1.29 is 0 Å². The summed E-state index contributed by atoms with van der Waals surface area (Å²) in [4.78, 5) is 0. The number of hydrogen-bond acceptors (Lipinski definition) is 1. The van der Waals surface area contributed by atoms with Gasteiger partial charge in [-0.15, -0.1) is 0 Å². The Balaban J connectivity index is 2.89. The monoisotopic (exact) mass is 191 g/mol. The lowest BCUT2D eigenvalue weighted by Crippen LogP contribution is -2.14. The summed E-state index contributed by atoms with van der Waals surface area (Å²) in [6.07, 6.45) is 0. The molecule has 0 amide bonds. The highest BCUT2D eigenvalue weighted by atomic mass is 14.8. The first-order chi connectivity index (χ1) is 6.45. The van der Waals surface area contributed by atoms with Gasteiger partial charge in [0, 0.05) is 6.04 Å². The number of benzene rings is 1. The highest BCUT2D eigenvalue weighted by molar-refractivity contribution is 5.28. The highest BCUT2D eigenvalue weighted by Crippen LogP contribution is 2.23. The van der Waals surface area contributed by atoms with E-state index in [1.807, 2.05) is 7.05 Å². The number of nitrogens with one attached hydrogen (secondary N) is 1. The molecule has 0 aliphatic rings. The summed E-state index contributed by atoms with van der Waals surface area (Å²) < 4.78 is 0. The lowest BCUT2D eigenvalue weighted by molar-refractivity contribution is 0.588. The molecule has 1 aromatic carbocycles. The van der Waals surface area contributed by atoms with Gasteiger partial charge in [0.1, 0.15) is 0 Å². The van der Waals surface area contributed by atoms with E-state index in [0.717, 1.165) is 0 Å². The maximum absolute atomic E-state index is 3.24. The zero-order valence-corrected chi connectivity index (χ0v) is 9.89. The van der Waals surface area contributed by atoms with Crippen LogP contribution >= 0.6 is 0 Å². The Morgan fingerprint density at radius 3 is 1.93 bits per heavy atom. The minimum atomic E-state index is 0.251. The second-order valence-corrected chi connectivity index (χ2v) is 4.88. The minimum Gasteiger partial charge on any atom is -0.313 e. The van der Waals surface area contributed by atoms with Crippen LogP contribution in [0.3, 0.4) is 0 Å². The molecule has 1 aromatic rings. The normalized spacial score (nSPS) is 14.1. The first-order valence-electron chi connectivity index (χ1n) is 5.23. The summed E-state index contributed by atoms with van der Waals surface area (Å²) in [5.41, 5.74) is 2.99. The van der Waals surface area contributed by atoms with Gasteiger partial charge in [0.25, 0.3) is 0 Å². The summed E-state index contributed by atoms with van der Waals surface area (Å²) in [5, 5.41) is 3.24. The van der Waals surface area contributed by atoms with Crippen LogP contribution < -0.4 is 5.32 Å². The van der Waals surface area contributed by atoms with Crippen molar-refractivity contribution in [3.63, 3.8) is 0 Å². The Labute approximate surface area is 87.5 Å². The van der Waals surface area contributed by atoms with Gasteiger partial charge in [-0.2, -0.15) is 0 Å². The lowest BCUT2D eigenvalue weighted by atomic mass is 9.86. The predicted molar refractivity (Wildman–Crippen MR) is 62.6 cm³/mol. The molecule has 0 bridgehead atoms. The van der Waals surface area contributed by atoms with E-state index >= 15 is 0 Å². The van der Waals surface area contributed by atoms with Crippen LogP contribution in [0.25, 0.3) is 0 Å². The molecule has 0 fully saturated rings. The quantitative estimate of drug-likeness (QED) is 0.756. The largest absolute Gasteiger partial charge is 0.313 e. The molecule has 1 N–H and O–H groups in total. The summed E-state index contributed by atoms with van der Waals surface area (Å²) in [5.74, 6) is 0. The molecule has 0 aliphatic heterocycles. The topological polar surface area (TPSA) is 12.0 Å². The zero-order valence-electron chi connectivity index (χ0n) is 9.89. The molecule has 0 saturated carbocycles. The first-order valence-corrected chi connectivity index (χ1v) is 5.23. The fourth-order valence-corrected chi connectivity index (χ4v) is 1.44. The second-order valence-electron chi connectivity index (χ2n) is 4.88. The molecule has 0 aromatic heterocycles. The highest BCUT2D eigenvalue weighted by Gasteiger charge is 2.13. The molecule has 0 spiro atoms. The summed E-state index contributed by atoms with van der Waals surface area (Å²) in [6.45, 7) is 8.89. The van der Waals surface area contributed by atoms with E-state index in [0.29, 0.717) is 6.04 Å². The Hall–Kier alpha value is -0.820. The van der Waals surface area contributed by atoms with E-state index in [9.17, 15) is 0 Å². The van der Waals surface area contributed by atoms with Gasteiger partial charge in [-0.05, 0) is 30.5 Å². The summed E-state index contributed by atoms with van der Waals surface area (Å²) >= 11 is 0. The minimum absolute atomic E-state index is 0.251. The van der Waals surface area contributed by atoms with Gasteiger partial charge in [-0.1, -0.05) is 45.0 Å². The molecular weight excluding hydrogens is 170 g/mol. The SMILES string of the molecule is CN[C@H](C)c1ccc(C(C)(C)C)cc1. The molecule has 78 valence electrons. The van der Waals surface area contributed by atoms with Crippen molar-refractivity contribution >= 4 is 0 Å². The molecule has 1 rings (SSSR count). The van der Waals surface area contributed by atoms with E-state index in [4.69, 9.17) is 0 Å². The Morgan fingerprint density at radius 2 is 1.57 bits per heavy atom. The van der Waals surface area contributed by atoms with Crippen LogP contribution in [-0.4, -0.2) is 7.05 Å². The molecular formula is C13H21N. The van der Waals surface area contributed by atoms with E-state index < -0.39 is 0 Å². The van der Waals surface area contributed by atoms with Crippen molar-refractivity contribution in [1.29, 1.82) is 0 Å². The van der Waals surface area contributed by atoms with Crippen molar-refractivity contribution in [3.8, 4) is 0 Å². The number of rotatable bonds is 2. The first kappa shape index (κ1) is 11.3. The molecule has 0 unspecified atom stereocenters. The zero-order chi connectivity index (χ0) is 10.8. The molecule has 14 heavy (non-hydrogen) atoms. The summed E-state index contributed by atoms with van der Waals surface area (Å²) in [7, 11) is 1.99. The van der Waals surface area contributed by atoms with Crippen LogP contribution in [0.4, 0.5) is 0 Å². The Kier molecular flexibility index (Phi) is 3.33. The maximum Gasteiger partial charge on any atom is 0.0289 e. The standard InChI is InChI=1S/C13H21N/c1-10(14-5)11-6-8-12(9-7-11)13(2,3)4/h6-10,14H,1-5H3/t10-/m1/s1. The molecule has 0 saturated heterocycles. The third-order valence-corrected chi connectivity index (χ3v) is 2.71. The molecule has 1 atom stereocenters. The van der Waals surface area contributed by atoms with Crippen molar-refractivity contribution in [2.24, 2.45) is 0 Å². The Bertz CT molecular complexity index is 279. The molecule has 0 aliphatic carbocycles.